The van der Waals surface area contributed by atoms with E-state index in [4.69, 9.17) is 0 Å². The lowest BCUT2D eigenvalue weighted by molar-refractivity contribution is -0.140. The minimum Gasteiger partial charge on any atom is -0.354 e. The molecule has 1 N–H and O–H groups in total. The zero-order chi connectivity index (χ0) is 28.6. The normalized spacial score (nSPS) is 12.0. The summed E-state index contributed by atoms with van der Waals surface area (Å²) in [5.74, 6) is -1.52. The van der Waals surface area contributed by atoms with Crippen molar-refractivity contribution in [1.82, 2.24) is 10.2 Å². The van der Waals surface area contributed by atoms with Crippen LogP contribution in [0.15, 0.2) is 72.8 Å². The van der Waals surface area contributed by atoms with E-state index >= 15 is 0 Å². The first-order valence-electron chi connectivity index (χ1n) is 12.9. The van der Waals surface area contributed by atoms with Crippen LogP contribution in [0.3, 0.4) is 0 Å². The van der Waals surface area contributed by atoms with Gasteiger partial charge < -0.3 is 10.2 Å². The Morgan fingerprint density at radius 2 is 1.64 bits per heavy atom. The Kier molecular flexibility index (Phi) is 10.2. The Morgan fingerprint density at radius 1 is 0.974 bits per heavy atom. The SMILES string of the molecule is CCCNC(=O)[C@H](Cc1ccccc1)N(Cc1ccccc1F)C(=O)CN(c1ccc(C)cc1C)S(C)(=O)=O. The first-order chi connectivity index (χ1) is 18.5. The Hall–Kier alpha value is -3.72. The van der Waals surface area contributed by atoms with Crippen LogP contribution >= 0.6 is 0 Å². The molecule has 3 aromatic rings. The van der Waals surface area contributed by atoms with Gasteiger partial charge in [-0.1, -0.05) is 73.2 Å². The summed E-state index contributed by atoms with van der Waals surface area (Å²) in [4.78, 5) is 28.7. The van der Waals surface area contributed by atoms with Crippen LogP contribution in [0.2, 0.25) is 0 Å². The molecule has 3 rings (SSSR count). The van der Waals surface area contributed by atoms with E-state index < -0.39 is 34.3 Å². The van der Waals surface area contributed by atoms with E-state index in [9.17, 15) is 22.4 Å². The van der Waals surface area contributed by atoms with Crippen LogP contribution in [0.5, 0.6) is 0 Å². The Bertz CT molecular complexity index is 1400. The fourth-order valence-corrected chi connectivity index (χ4v) is 5.32. The highest BCUT2D eigenvalue weighted by Crippen LogP contribution is 2.25. The van der Waals surface area contributed by atoms with E-state index in [1.807, 2.05) is 50.2 Å². The highest BCUT2D eigenvalue weighted by atomic mass is 32.2. The van der Waals surface area contributed by atoms with Gasteiger partial charge in [0, 0.05) is 25.1 Å². The molecule has 1 atom stereocenters. The number of hydrogen-bond acceptors (Lipinski definition) is 4. The van der Waals surface area contributed by atoms with Crippen molar-refractivity contribution in [2.75, 3.05) is 23.7 Å². The number of hydrogen-bond donors (Lipinski definition) is 1. The van der Waals surface area contributed by atoms with Gasteiger partial charge in [-0.25, -0.2) is 12.8 Å². The van der Waals surface area contributed by atoms with E-state index in [-0.39, 0.29) is 24.4 Å². The fraction of sp³-hybridized carbons (Fsp3) is 0.333. The monoisotopic (exact) mass is 553 g/mol. The third-order valence-corrected chi connectivity index (χ3v) is 7.55. The number of amides is 2. The van der Waals surface area contributed by atoms with Gasteiger partial charge in [0.25, 0.3) is 0 Å². The molecule has 2 amide bonds. The molecule has 0 aliphatic rings. The molecule has 0 saturated carbocycles. The van der Waals surface area contributed by atoms with Crippen molar-refractivity contribution in [3.63, 3.8) is 0 Å². The average molecular weight is 554 g/mol. The summed E-state index contributed by atoms with van der Waals surface area (Å²) in [7, 11) is -3.87. The minimum atomic E-state index is -3.87. The quantitative estimate of drug-likeness (QED) is 0.361. The maximum absolute atomic E-state index is 14.8. The summed E-state index contributed by atoms with van der Waals surface area (Å²) in [5.41, 5.74) is 3.06. The van der Waals surface area contributed by atoms with Gasteiger partial charge in [0.2, 0.25) is 21.8 Å². The van der Waals surface area contributed by atoms with Gasteiger partial charge in [-0.2, -0.15) is 0 Å². The van der Waals surface area contributed by atoms with Crippen LogP contribution < -0.4 is 9.62 Å². The lowest BCUT2D eigenvalue weighted by Gasteiger charge is -2.34. The summed E-state index contributed by atoms with van der Waals surface area (Å²) in [6, 6.07) is 19.6. The van der Waals surface area contributed by atoms with Gasteiger partial charge in [-0.05, 0) is 43.5 Å². The van der Waals surface area contributed by atoms with Crippen molar-refractivity contribution in [1.29, 1.82) is 0 Å². The lowest BCUT2D eigenvalue weighted by atomic mass is 10.0. The van der Waals surface area contributed by atoms with Gasteiger partial charge in [0.1, 0.15) is 18.4 Å². The molecule has 0 bridgehead atoms. The van der Waals surface area contributed by atoms with Gasteiger partial charge in [0.15, 0.2) is 0 Å². The molecule has 208 valence electrons. The zero-order valence-corrected chi connectivity index (χ0v) is 23.7. The number of nitrogens with zero attached hydrogens (tertiary/aromatic N) is 2. The van der Waals surface area contributed by atoms with Crippen molar-refractivity contribution in [3.05, 3.63) is 101 Å². The van der Waals surface area contributed by atoms with E-state index in [0.717, 1.165) is 21.7 Å². The smallest absolute Gasteiger partial charge is 0.244 e. The standard InChI is InChI=1S/C30H36FN3O4S/c1-5-17-32-30(36)28(19-24-11-7-6-8-12-24)33(20-25-13-9-10-14-26(25)31)29(35)21-34(39(4,37)38)27-16-15-22(2)18-23(27)3/h6-16,18,28H,5,17,19-21H2,1-4H3,(H,32,36)/t28-/m0/s1. The summed E-state index contributed by atoms with van der Waals surface area (Å²) in [6.45, 7) is 5.26. The molecule has 9 heteroatoms. The molecule has 0 radical (unpaired) electrons. The lowest BCUT2D eigenvalue weighted by Crippen LogP contribution is -2.53. The highest BCUT2D eigenvalue weighted by molar-refractivity contribution is 7.92. The number of halogens is 1. The van der Waals surface area contributed by atoms with E-state index in [1.54, 1.807) is 37.3 Å². The van der Waals surface area contributed by atoms with Gasteiger partial charge in [-0.3, -0.25) is 13.9 Å². The number of aryl methyl sites for hydroxylation is 2. The third kappa shape index (κ3) is 8.13. The van der Waals surface area contributed by atoms with Crippen molar-refractivity contribution in [2.45, 2.75) is 46.2 Å². The molecule has 0 aromatic heterocycles. The van der Waals surface area contributed by atoms with Gasteiger partial charge in [-0.15, -0.1) is 0 Å². The summed E-state index contributed by atoms with van der Waals surface area (Å²) >= 11 is 0. The van der Waals surface area contributed by atoms with E-state index in [1.165, 1.54) is 11.0 Å². The number of rotatable bonds is 12. The topological polar surface area (TPSA) is 86.8 Å². The van der Waals surface area contributed by atoms with Crippen molar-refractivity contribution >= 4 is 27.5 Å². The van der Waals surface area contributed by atoms with Crippen LogP contribution in [-0.4, -0.2) is 50.5 Å². The molecule has 39 heavy (non-hydrogen) atoms. The summed E-state index contributed by atoms with van der Waals surface area (Å²) < 4.78 is 41.6. The molecule has 0 aliphatic heterocycles. The molecule has 3 aromatic carbocycles. The molecule has 0 aliphatic carbocycles. The first-order valence-corrected chi connectivity index (χ1v) is 14.8. The molecule has 7 nitrogen and oxygen atoms in total. The molecule has 0 spiro atoms. The van der Waals surface area contributed by atoms with Crippen LogP contribution in [0.4, 0.5) is 10.1 Å². The number of nitrogens with one attached hydrogen (secondary N) is 1. The second-order valence-corrected chi connectivity index (χ2v) is 11.6. The number of benzene rings is 3. The highest BCUT2D eigenvalue weighted by Gasteiger charge is 2.33. The van der Waals surface area contributed by atoms with Crippen LogP contribution in [0.1, 0.15) is 35.6 Å². The molecule has 0 heterocycles. The Labute approximate surface area is 230 Å². The predicted octanol–water partition coefficient (Wildman–Crippen LogP) is 4.37. The molecule has 0 unspecified atom stereocenters. The fourth-order valence-electron chi connectivity index (χ4n) is 4.41. The maximum Gasteiger partial charge on any atom is 0.244 e. The Morgan fingerprint density at radius 3 is 2.26 bits per heavy atom. The number of sulfonamides is 1. The molecular weight excluding hydrogens is 517 g/mol. The second kappa shape index (κ2) is 13.4. The van der Waals surface area contributed by atoms with Gasteiger partial charge in [0.05, 0.1) is 11.9 Å². The van der Waals surface area contributed by atoms with Crippen LogP contribution in [0, 0.1) is 19.7 Å². The Balaban J connectivity index is 2.07. The first kappa shape index (κ1) is 29.8. The maximum atomic E-state index is 14.8. The van der Waals surface area contributed by atoms with Crippen molar-refractivity contribution in [2.24, 2.45) is 0 Å². The average Bonchev–Trinajstić information content (AvgIpc) is 2.89. The predicted molar refractivity (Wildman–Crippen MR) is 152 cm³/mol. The van der Waals surface area contributed by atoms with Crippen LogP contribution in [-0.2, 0) is 32.6 Å². The number of anilines is 1. The van der Waals surface area contributed by atoms with Gasteiger partial charge >= 0.3 is 0 Å². The van der Waals surface area contributed by atoms with Crippen molar-refractivity contribution < 1.29 is 22.4 Å². The zero-order valence-electron chi connectivity index (χ0n) is 22.9. The van der Waals surface area contributed by atoms with E-state index in [2.05, 4.69) is 5.32 Å². The summed E-state index contributed by atoms with van der Waals surface area (Å²) in [5, 5.41) is 2.86. The number of carbonyl (C=O) groups excluding carboxylic acids is 2. The van der Waals surface area contributed by atoms with E-state index in [0.29, 0.717) is 24.2 Å². The minimum absolute atomic E-state index is 0.180. The van der Waals surface area contributed by atoms with Crippen LogP contribution in [0.25, 0.3) is 0 Å². The number of carbonyl (C=O) groups is 2. The largest absolute Gasteiger partial charge is 0.354 e. The van der Waals surface area contributed by atoms with Crippen molar-refractivity contribution in [3.8, 4) is 0 Å². The summed E-state index contributed by atoms with van der Waals surface area (Å²) in [6.07, 6.45) is 1.91. The molecule has 0 fully saturated rings. The molecular formula is C30H36FN3O4S. The second-order valence-electron chi connectivity index (χ2n) is 9.67. The third-order valence-electron chi connectivity index (χ3n) is 6.42. The molecule has 0 saturated heterocycles.